The molecule has 124 valence electrons. The second-order valence-corrected chi connectivity index (χ2v) is 5.92. The number of aryl methyl sites for hydroxylation is 2. The summed E-state index contributed by atoms with van der Waals surface area (Å²) in [6, 6.07) is 9.91. The highest BCUT2D eigenvalue weighted by molar-refractivity contribution is 5.94. The van der Waals surface area contributed by atoms with Gasteiger partial charge in [-0.05, 0) is 38.1 Å². The molecule has 0 bridgehead atoms. The van der Waals surface area contributed by atoms with Gasteiger partial charge in [0.25, 0.3) is 0 Å². The lowest BCUT2D eigenvalue weighted by atomic mass is 10.1. The van der Waals surface area contributed by atoms with Crippen LogP contribution in [0.25, 0.3) is 22.3 Å². The summed E-state index contributed by atoms with van der Waals surface area (Å²) in [4.78, 5) is 21.3. The van der Waals surface area contributed by atoms with Crippen LogP contribution in [-0.4, -0.2) is 24.9 Å². The van der Waals surface area contributed by atoms with E-state index in [1.807, 2.05) is 50.4 Å². The lowest BCUT2D eigenvalue weighted by Gasteiger charge is -2.11. The fourth-order valence-electron chi connectivity index (χ4n) is 2.80. The second-order valence-electron chi connectivity index (χ2n) is 5.92. The van der Waals surface area contributed by atoms with Gasteiger partial charge in [-0.3, -0.25) is 9.97 Å². The number of hydrogen-bond donors (Lipinski definition) is 2. The number of anilines is 1. The van der Waals surface area contributed by atoms with Crippen molar-refractivity contribution in [3.63, 3.8) is 0 Å². The first-order chi connectivity index (χ1) is 12.2. The standard InChI is InChI=1S/C19H18N6/c1-12-10-22-13(2)18(24-12)16-9-17(25-19-15(16)6-8-21-19)23-11-14-5-3-4-7-20-14/h3-10H,11H2,1-2H3,(H2,21,23,25). The Bertz CT molecular complexity index is 1020. The molecule has 6 heteroatoms. The quantitative estimate of drug-likeness (QED) is 0.597. The van der Waals surface area contributed by atoms with Crippen LogP contribution in [0.15, 0.2) is 48.9 Å². The number of aromatic amines is 1. The molecule has 25 heavy (non-hydrogen) atoms. The number of fused-ring (bicyclic) bond motifs is 1. The van der Waals surface area contributed by atoms with Crippen molar-refractivity contribution in [1.29, 1.82) is 0 Å². The first-order valence-electron chi connectivity index (χ1n) is 8.13. The first kappa shape index (κ1) is 15.3. The summed E-state index contributed by atoms with van der Waals surface area (Å²) in [5.74, 6) is 0.776. The van der Waals surface area contributed by atoms with Gasteiger partial charge >= 0.3 is 0 Å². The second kappa shape index (κ2) is 6.32. The van der Waals surface area contributed by atoms with Crippen molar-refractivity contribution in [1.82, 2.24) is 24.9 Å². The van der Waals surface area contributed by atoms with E-state index in [1.54, 1.807) is 12.4 Å². The van der Waals surface area contributed by atoms with Crippen molar-refractivity contribution >= 4 is 16.9 Å². The van der Waals surface area contributed by atoms with Crippen molar-refractivity contribution in [2.24, 2.45) is 0 Å². The Labute approximate surface area is 145 Å². The molecule has 6 nitrogen and oxygen atoms in total. The number of hydrogen-bond acceptors (Lipinski definition) is 5. The van der Waals surface area contributed by atoms with Gasteiger partial charge in [-0.2, -0.15) is 0 Å². The zero-order valence-corrected chi connectivity index (χ0v) is 14.1. The lowest BCUT2D eigenvalue weighted by molar-refractivity contribution is 1.03. The van der Waals surface area contributed by atoms with Crippen LogP contribution in [-0.2, 0) is 6.54 Å². The maximum absolute atomic E-state index is 4.69. The average molecular weight is 330 g/mol. The molecular weight excluding hydrogens is 312 g/mol. The summed E-state index contributed by atoms with van der Waals surface area (Å²) in [5.41, 5.74) is 5.48. The molecule has 2 N–H and O–H groups in total. The minimum absolute atomic E-state index is 0.609. The molecule has 4 aromatic rings. The van der Waals surface area contributed by atoms with Crippen LogP contribution in [0.2, 0.25) is 0 Å². The SMILES string of the molecule is Cc1cnc(C)c(-c2cc(NCc3ccccn3)nc3[nH]ccc23)n1. The maximum Gasteiger partial charge on any atom is 0.140 e. The number of rotatable bonds is 4. The van der Waals surface area contributed by atoms with E-state index in [0.29, 0.717) is 6.54 Å². The minimum Gasteiger partial charge on any atom is -0.364 e. The molecule has 0 aliphatic carbocycles. The molecule has 4 heterocycles. The Morgan fingerprint density at radius 1 is 1.08 bits per heavy atom. The molecule has 4 aromatic heterocycles. The van der Waals surface area contributed by atoms with Gasteiger partial charge in [0.15, 0.2) is 0 Å². The van der Waals surface area contributed by atoms with Crippen molar-refractivity contribution < 1.29 is 0 Å². The lowest BCUT2D eigenvalue weighted by Crippen LogP contribution is -2.04. The smallest absolute Gasteiger partial charge is 0.140 e. The molecular formula is C19H18N6. The van der Waals surface area contributed by atoms with Gasteiger partial charge in [0.1, 0.15) is 11.5 Å². The van der Waals surface area contributed by atoms with Crippen LogP contribution in [0.1, 0.15) is 17.1 Å². The van der Waals surface area contributed by atoms with E-state index in [2.05, 4.69) is 30.2 Å². The number of nitrogens with zero attached hydrogens (tertiary/aromatic N) is 4. The molecule has 0 saturated carbocycles. The van der Waals surface area contributed by atoms with Gasteiger partial charge in [-0.1, -0.05) is 6.07 Å². The monoisotopic (exact) mass is 330 g/mol. The molecule has 0 spiro atoms. The van der Waals surface area contributed by atoms with E-state index < -0.39 is 0 Å². The topological polar surface area (TPSA) is 79.4 Å². The van der Waals surface area contributed by atoms with Gasteiger partial charge in [0, 0.05) is 29.5 Å². The van der Waals surface area contributed by atoms with Crippen molar-refractivity contribution in [2.75, 3.05) is 5.32 Å². The van der Waals surface area contributed by atoms with E-state index in [1.165, 1.54) is 0 Å². The highest BCUT2D eigenvalue weighted by atomic mass is 15.0. The van der Waals surface area contributed by atoms with Crippen LogP contribution in [0.3, 0.4) is 0 Å². The molecule has 0 saturated heterocycles. The van der Waals surface area contributed by atoms with Crippen LogP contribution < -0.4 is 5.32 Å². The Balaban J connectivity index is 1.76. The zero-order valence-electron chi connectivity index (χ0n) is 14.1. The van der Waals surface area contributed by atoms with Gasteiger partial charge in [-0.15, -0.1) is 0 Å². The molecule has 0 unspecified atom stereocenters. The Kier molecular flexibility index (Phi) is 3.85. The number of pyridine rings is 2. The molecule has 0 aliphatic heterocycles. The number of nitrogens with one attached hydrogen (secondary N) is 2. The predicted octanol–water partition coefficient (Wildman–Crippen LogP) is 3.64. The van der Waals surface area contributed by atoms with E-state index in [0.717, 1.165) is 45.2 Å². The third-order valence-corrected chi connectivity index (χ3v) is 4.04. The summed E-state index contributed by atoms with van der Waals surface area (Å²) in [5, 5.41) is 4.38. The number of aromatic nitrogens is 5. The Morgan fingerprint density at radius 2 is 2.00 bits per heavy atom. The third kappa shape index (κ3) is 3.06. The van der Waals surface area contributed by atoms with E-state index in [4.69, 9.17) is 0 Å². The predicted molar refractivity (Wildman–Crippen MR) is 98.2 cm³/mol. The van der Waals surface area contributed by atoms with E-state index >= 15 is 0 Å². The van der Waals surface area contributed by atoms with Gasteiger partial charge in [-0.25, -0.2) is 9.97 Å². The maximum atomic E-state index is 4.69. The Hall–Kier alpha value is -3.28. The fraction of sp³-hybridized carbons (Fsp3) is 0.158. The minimum atomic E-state index is 0.609. The highest BCUT2D eigenvalue weighted by Crippen LogP contribution is 2.30. The largest absolute Gasteiger partial charge is 0.364 e. The van der Waals surface area contributed by atoms with Gasteiger partial charge in [0.2, 0.25) is 0 Å². The van der Waals surface area contributed by atoms with Crippen molar-refractivity contribution in [3.05, 3.63) is 66.0 Å². The average Bonchev–Trinajstić information content (AvgIpc) is 3.11. The zero-order chi connectivity index (χ0) is 17.2. The van der Waals surface area contributed by atoms with Crippen LogP contribution in [0, 0.1) is 13.8 Å². The fourth-order valence-corrected chi connectivity index (χ4v) is 2.80. The number of H-pyrrole nitrogens is 1. The van der Waals surface area contributed by atoms with E-state index in [9.17, 15) is 0 Å². The molecule has 0 aromatic carbocycles. The molecule has 0 aliphatic rings. The first-order valence-corrected chi connectivity index (χ1v) is 8.13. The molecule has 4 rings (SSSR count). The van der Waals surface area contributed by atoms with Crippen LogP contribution in [0.4, 0.5) is 5.82 Å². The Morgan fingerprint density at radius 3 is 2.84 bits per heavy atom. The summed E-state index contributed by atoms with van der Waals surface area (Å²) in [6.07, 6.45) is 5.46. The van der Waals surface area contributed by atoms with Gasteiger partial charge < -0.3 is 10.3 Å². The molecule has 0 radical (unpaired) electrons. The molecule has 0 amide bonds. The van der Waals surface area contributed by atoms with Crippen LogP contribution in [0.5, 0.6) is 0 Å². The van der Waals surface area contributed by atoms with Crippen LogP contribution >= 0.6 is 0 Å². The molecule has 0 fully saturated rings. The normalized spacial score (nSPS) is 11.0. The third-order valence-electron chi connectivity index (χ3n) is 4.04. The molecule has 0 atom stereocenters. The highest BCUT2D eigenvalue weighted by Gasteiger charge is 2.13. The summed E-state index contributed by atoms with van der Waals surface area (Å²) >= 11 is 0. The summed E-state index contributed by atoms with van der Waals surface area (Å²) < 4.78 is 0. The van der Waals surface area contributed by atoms with Gasteiger partial charge in [0.05, 0.1) is 29.3 Å². The van der Waals surface area contributed by atoms with Crippen molar-refractivity contribution in [2.45, 2.75) is 20.4 Å². The van der Waals surface area contributed by atoms with E-state index in [-0.39, 0.29) is 0 Å². The summed E-state index contributed by atoms with van der Waals surface area (Å²) in [7, 11) is 0. The van der Waals surface area contributed by atoms with Crippen molar-refractivity contribution in [3.8, 4) is 11.3 Å². The summed E-state index contributed by atoms with van der Waals surface area (Å²) in [6.45, 7) is 4.53.